The monoisotopic (exact) mass is 382 g/mol. The minimum absolute atomic E-state index is 0.181. The molecule has 2 N–H and O–H groups in total. The maximum Gasteiger partial charge on any atom is 0.270 e. The molecule has 0 spiro atoms. The summed E-state index contributed by atoms with van der Waals surface area (Å²) < 4.78 is 0. The average Bonchev–Trinajstić information content (AvgIpc) is 2.68. The molecule has 9 heteroatoms. The first kappa shape index (κ1) is 20.3. The Bertz CT molecular complexity index is 924. The molecule has 0 saturated carbocycles. The Balaban J connectivity index is 2.28. The first-order valence-corrected chi connectivity index (χ1v) is 8.17. The number of carbonyl (C=O) groups is 3. The van der Waals surface area contributed by atoms with Crippen molar-refractivity contribution in [3.63, 3.8) is 0 Å². The van der Waals surface area contributed by atoms with Gasteiger partial charge in [0.25, 0.3) is 17.5 Å². The van der Waals surface area contributed by atoms with Crippen LogP contribution in [0.5, 0.6) is 0 Å². The van der Waals surface area contributed by atoms with E-state index in [9.17, 15) is 29.6 Å². The van der Waals surface area contributed by atoms with Crippen LogP contribution in [0.3, 0.4) is 0 Å². The second kappa shape index (κ2) is 9.62. The summed E-state index contributed by atoms with van der Waals surface area (Å²) in [5.41, 5.74) is 0.245. The number of nitro groups is 1. The van der Waals surface area contributed by atoms with Crippen LogP contribution in [0.25, 0.3) is 6.08 Å². The molecule has 9 nitrogen and oxygen atoms in total. The number of benzene rings is 2. The minimum Gasteiger partial charge on any atom is -0.550 e. The normalized spacial score (nSPS) is 10.8. The van der Waals surface area contributed by atoms with Gasteiger partial charge in [-0.2, -0.15) is 0 Å². The Labute approximate surface area is 159 Å². The molecule has 0 unspecified atom stereocenters. The highest BCUT2D eigenvalue weighted by atomic mass is 16.6. The van der Waals surface area contributed by atoms with Crippen LogP contribution in [0.4, 0.5) is 5.69 Å². The number of hydrogen-bond acceptors (Lipinski definition) is 6. The molecule has 0 bridgehead atoms. The SMILES string of the molecule is O=C([O-])CCNC(=O)/C(=C\c1cccc([N+](=O)[O-])c1)NC(=O)c1ccccc1. The molecule has 144 valence electrons. The summed E-state index contributed by atoms with van der Waals surface area (Å²) in [6.45, 7) is -0.200. The lowest BCUT2D eigenvalue weighted by Crippen LogP contribution is -2.37. The van der Waals surface area contributed by atoms with Crippen molar-refractivity contribution in [1.82, 2.24) is 10.6 Å². The summed E-state index contributed by atoms with van der Waals surface area (Å²) >= 11 is 0. The average molecular weight is 382 g/mol. The lowest BCUT2D eigenvalue weighted by Gasteiger charge is -2.11. The Morgan fingerprint density at radius 1 is 1.04 bits per heavy atom. The first-order valence-electron chi connectivity index (χ1n) is 8.17. The van der Waals surface area contributed by atoms with E-state index in [-0.39, 0.29) is 17.9 Å². The van der Waals surface area contributed by atoms with Crippen molar-refractivity contribution in [3.05, 3.63) is 81.5 Å². The molecule has 0 saturated heterocycles. The summed E-state index contributed by atoms with van der Waals surface area (Å²) in [7, 11) is 0. The van der Waals surface area contributed by atoms with E-state index in [0.29, 0.717) is 11.1 Å². The fourth-order valence-electron chi connectivity index (χ4n) is 2.21. The highest BCUT2D eigenvalue weighted by Gasteiger charge is 2.15. The molecule has 0 fully saturated rings. The molecule has 2 aromatic carbocycles. The van der Waals surface area contributed by atoms with Gasteiger partial charge in [0.05, 0.1) is 4.92 Å². The maximum atomic E-state index is 12.4. The Morgan fingerprint density at radius 3 is 2.39 bits per heavy atom. The summed E-state index contributed by atoms with van der Waals surface area (Å²) in [6, 6.07) is 13.6. The number of aliphatic carboxylic acids is 1. The van der Waals surface area contributed by atoms with Gasteiger partial charge < -0.3 is 20.5 Å². The van der Waals surface area contributed by atoms with Crippen LogP contribution in [0.1, 0.15) is 22.3 Å². The van der Waals surface area contributed by atoms with Crippen molar-refractivity contribution in [3.8, 4) is 0 Å². The molecule has 0 aliphatic rings. The van der Waals surface area contributed by atoms with Gasteiger partial charge in [0.15, 0.2) is 0 Å². The summed E-state index contributed by atoms with van der Waals surface area (Å²) in [5, 5.41) is 26.2. The van der Waals surface area contributed by atoms with Crippen LogP contribution in [-0.2, 0) is 9.59 Å². The summed E-state index contributed by atoms with van der Waals surface area (Å²) in [6.07, 6.45) is 0.866. The van der Waals surface area contributed by atoms with E-state index in [1.54, 1.807) is 30.3 Å². The Hall–Kier alpha value is -4.01. The number of nitro benzene ring substituents is 1. The van der Waals surface area contributed by atoms with Gasteiger partial charge in [0, 0.05) is 36.6 Å². The summed E-state index contributed by atoms with van der Waals surface area (Å²) in [4.78, 5) is 45.6. The van der Waals surface area contributed by atoms with Gasteiger partial charge in [0.1, 0.15) is 5.70 Å². The van der Waals surface area contributed by atoms with Crippen LogP contribution in [0, 0.1) is 10.1 Å². The van der Waals surface area contributed by atoms with Crippen LogP contribution in [0.2, 0.25) is 0 Å². The van der Waals surface area contributed by atoms with Gasteiger partial charge in [-0.05, 0) is 23.8 Å². The van der Waals surface area contributed by atoms with Gasteiger partial charge >= 0.3 is 0 Å². The van der Waals surface area contributed by atoms with Crippen molar-refractivity contribution < 1.29 is 24.4 Å². The number of hydrogen-bond donors (Lipinski definition) is 2. The van der Waals surface area contributed by atoms with E-state index in [1.165, 1.54) is 30.3 Å². The quantitative estimate of drug-likeness (QED) is 0.389. The summed E-state index contributed by atoms with van der Waals surface area (Å²) in [5.74, 6) is -2.64. The lowest BCUT2D eigenvalue weighted by atomic mass is 10.1. The third-order valence-electron chi connectivity index (χ3n) is 3.54. The Morgan fingerprint density at radius 2 is 1.75 bits per heavy atom. The van der Waals surface area contributed by atoms with Crippen molar-refractivity contribution in [2.24, 2.45) is 0 Å². The topological polar surface area (TPSA) is 141 Å². The van der Waals surface area contributed by atoms with Crippen LogP contribution in [0.15, 0.2) is 60.3 Å². The number of nitrogens with one attached hydrogen (secondary N) is 2. The zero-order valence-corrected chi connectivity index (χ0v) is 14.6. The van der Waals surface area contributed by atoms with Crippen LogP contribution < -0.4 is 15.7 Å². The molecular weight excluding hydrogens is 366 g/mol. The van der Waals surface area contributed by atoms with E-state index in [0.717, 1.165) is 0 Å². The van der Waals surface area contributed by atoms with Crippen molar-refractivity contribution in [1.29, 1.82) is 0 Å². The van der Waals surface area contributed by atoms with Gasteiger partial charge in [-0.25, -0.2) is 0 Å². The van der Waals surface area contributed by atoms with Crippen molar-refractivity contribution >= 4 is 29.5 Å². The molecule has 0 atom stereocenters. The molecule has 0 aliphatic heterocycles. The van der Waals surface area contributed by atoms with E-state index in [2.05, 4.69) is 10.6 Å². The van der Waals surface area contributed by atoms with E-state index >= 15 is 0 Å². The largest absolute Gasteiger partial charge is 0.550 e. The number of nitrogens with zero attached hydrogens (tertiary/aromatic N) is 1. The molecule has 0 aromatic heterocycles. The second-order valence-corrected chi connectivity index (χ2v) is 5.61. The number of carboxylic acid groups (broad SMARTS) is 1. The lowest BCUT2D eigenvalue weighted by molar-refractivity contribution is -0.384. The van der Waals surface area contributed by atoms with Crippen molar-refractivity contribution in [2.75, 3.05) is 6.54 Å². The van der Waals surface area contributed by atoms with Crippen LogP contribution in [-0.4, -0.2) is 29.3 Å². The van der Waals surface area contributed by atoms with E-state index in [1.807, 2.05) is 0 Å². The molecule has 2 amide bonds. The van der Waals surface area contributed by atoms with Gasteiger partial charge in [-0.1, -0.05) is 30.3 Å². The predicted octanol–water partition coefficient (Wildman–Crippen LogP) is 0.622. The van der Waals surface area contributed by atoms with Gasteiger partial charge in [0.2, 0.25) is 0 Å². The third kappa shape index (κ3) is 6.06. The fourth-order valence-corrected chi connectivity index (χ4v) is 2.21. The molecular formula is C19H16N3O6-. The third-order valence-corrected chi connectivity index (χ3v) is 3.54. The number of carboxylic acids is 1. The molecule has 0 heterocycles. The van der Waals surface area contributed by atoms with Crippen molar-refractivity contribution in [2.45, 2.75) is 6.42 Å². The number of carbonyl (C=O) groups excluding carboxylic acids is 3. The first-order chi connectivity index (χ1) is 13.4. The Kier molecular flexibility index (Phi) is 6.98. The van der Waals surface area contributed by atoms with E-state index in [4.69, 9.17) is 0 Å². The molecule has 28 heavy (non-hydrogen) atoms. The maximum absolute atomic E-state index is 12.4. The number of rotatable bonds is 8. The predicted molar refractivity (Wildman–Crippen MR) is 97.6 cm³/mol. The number of amides is 2. The molecule has 0 radical (unpaired) electrons. The van der Waals surface area contributed by atoms with Crippen LogP contribution >= 0.6 is 0 Å². The highest BCUT2D eigenvalue weighted by Crippen LogP contribution is 2.15. The molecule has 2 aromatic rings. The second-order valence-electron chi connectivity index (χ2n) is 5.61. The smallest absolute Gasteiger partial charge is 0.270 e. The zero-order chi connectivity index (χ0) is 20.5. The highest BCUT2D eigenvalue weighted by molar-refractivity contribution is 6.05. The van der Waals surface area contributed by atoms with E-state index < -0.39 is 29.1 Å². The molecule has 2 rings (SSSR count). The molecule has 0 aliphatic carbocycles. The zero-order valence-electron chi connectivity index (χ0n) is 14.6. The van der Waals surface area contributed by atoms with Gasteiger partial charge in [-0.3, -0.25) is 19.7 Å². The standard InChI is InChI=1S/C19H17N3O6/c23-17(24)9-10-20-19(26)16(21-18(25)14-6-2-1-3-7-14)12-13-5-4-8-15(11-13)22(27)28/h1-8,11-12H,9-10H2,(H,20,26)(H,21,25)(H,23,24)/p-1/b16-12+. The van der Waals surface area contributed by atoms with Gasteiger partial charge in [-0.15, -0.1) is 0 Å². The fraction of sp³-hybridized carbons (Fsp3) is 0.105. The minimum atomic E-state index is -1.34. The number of non-ortho nitro benzene ring substituents is 1.